The van der Waals surface area contributed by atoms with Crippen molar-refractivity contribution in [2.24, 2.45) is 0 Å². The van der Waals surface area contributed by atoms with Gasteiger partial charge in [0.05, 0.1) is 5.52 Å². The highest BCUT2D eigenvalue weighted by atomic mass is 32.2. The van der Waals surface area contributed by atoms with Crippen molar-refractivity contribution in [1.29, 1.82) is 0 Å². The van der Waals surface area contributed by atoms with E-state index in [0.29, 0.717) is 0 Å². The smallest absolute Gasteiger partial charge is 0.127 e. The lowest BCUT2D eigenvalue weighted by Crippen LogP contribution is -1.99. The monoisotopic (exact) mass is 282 g/mol. The lowest BCUT2D eigenvalue weighted by Gasteiger charge is -2.06. The van der Waals surface area contributed by atoms with Crippen LogP contribution in [0.2, 0.25) is 0 Å². The third kappa shape index (κ3) is 2.72. The Morgan fingerprint density at radius 1 is 1.05 bits per heavy atom. The summed E-state index contributed by atoms with van der Waals surface area (Å²) in [5, 5.41) is 6.12. The number of aromatic nitrogens is 3. The Kier molecular flexibility index (Phi) is 3.78. The van der Waals surface area contributed by atoms with E-state index in [0.717, 1.165) is 33.3 Å². The molecule has 0 amide bonds. The first kappa shape index (κ1) is 12.9. The number of benzene rings is 1. The highest BCUT2D eigenvalue weighted by Crippen LogP contribution is 2.30. The van der Waals surface area contributed by atoms with Crippen molar-refractivity contribution in [3.05, 3.63) is 48.8 Å². The fourth-order valence-corrected chi connectivity index (χ4v) is 2.78. The molecule has 0 saturated carbocycles. The molecule has 20 heavy (non-hydrogen) atoms. The number of fused-ring (bicyclic) bond motifs is 1. The summed E-state index contributed by atoms with van der Waals surface area (Å²) in [7, 11) is 0. The second-order valence-corrected chi connectivity index (χ2v) is 5.20. The lowest BCUT2D eigenvalue weighted by atomic mass is 10.2. The van der Waals surface area contributed by atoms with Crippen LogP contribution in [0.25, 0.3) is 10.9 Å². The molecule has 0 aliphatic heterocycles. The van der Waals surface area contributed by atoms with E-state index in [9.17, 15) is 0 Å². The van der Waals surface area contributed by atoms with Crippen molar-refractivity contribution in [3.8, 4) is 0 Å². The number of pyridine rings is 1. The summed E-state index contributed by atoms with van der Waals surface area (Å²) in [4.78, 5) is 13.2. The molecular weight excluding hydrogens is 268 g/mol. The molecule has 3 aromatic rings. The van der Waals surface area contributed by atoms with Crippen molar-refractivity contribution < 1.29 is 0 Å². The van der Waals surface area contributed by atoms with E-state index in [1.165, 1.54) is 0 Å². The molecule has 1 N–H and O–H groups in total. The van der Waals surface area contributed by atoms with Crippen molar-refractivity contribution in [1.82, 2.24) is 15.0 Å². The molecule has 2 aromatic heterocycles. The van der Waals surface area contributed by atoms with Crippen molar-refractivity contribution >= 4 is 28.5 Å². The minimum atomic E-state index is 0.859. The van der Waals surface area contributed by atoms with E-state index in [4.69, 9.17) is 0 Å². The quantitative estimate of drug-likeness (QED) is 0.741. The molecule has 0 radical (unpaired) electrons. The zero-order valence-electron chi connectivity index (χ0n) is 11.1. The van der Waals surface area contributed by atoms with E-state index in [1.54, 1.807) is 18.1 Å². The summed E-state index contributed by atoms with van der Waals surface area (Å²) in [5.41, 5.74) is 0.952. The SMILES string of the molecule is CCNc1cccc(Sc2ncnc3ccccc23)n1. The van der Waals surface area contributed by atoms with Crippen LogP contribution in [0.4, 0.5) is 5.82 Å². The topological polar surface area (TPSA) is 50.7 Å². The Morgan fingerprint density at radius 2 is 1.95 bits per heavy atom. The van der Waals surface area contributed by atoms with Crippen molar-refractivity contribution in [3.63, 3.8) is 0 Å². The lowest BCUT2D eigenvalue weighted by molar-refractivity contribution is 1.06. The summed E-state index contributed by atoms with van der Waals surface area (Å²) < 4.78 is 0. The minimum Gasteiger partial charge on any atom is -0.370 e. The summed E-state index contributed by atoms with van der Waals surface area (Å²) in [6.07, 6.45) is 1.60. The van der Waals surface area contributed by atoms with E-state index in [1.807, 2.05) is 42.5 Å². The molecule has 2 heterocycles. The van der Waals surface area contributed by atoms with Gasteiger partial charge in [0.1, 0.15) is 22.2 Å². The van der Waals surface area contributed by atoms with Crippen LogP contribution in [-0.4, -0.2) is 21.5 Å². The predicted molar refractivity (Wildman–Crippen MR) is 82.1 cm³/mol. The van der Waals surface area contributed by atoms with Crippen LogP contribution in [0, 0.1) is 0 Å². The van der Waals surface area contributed by atoms with E-state index >= 15 is 0 Å². The Labute approximate surface area is 121 Å². The molecule has 100 valence electrons. The van der Waals surface area contributed by atoms with Crippen LogP contribution in [0.1, 0.15) is 6.92 Å². The summed E-state index contributed by atoms with van der Waals surface area (Å²) in [5.74, 6) is 0.885. The van der Waals surface area contributed by atoms with Crippen LogP contribution < -0.4 is 5.32 Å². The number of para-hydroxylation sites is 1. The normalized spacial score (nSPS) is 10.7. The molecule has 4 nitrogen and oxygen atoms in total. The molecule has 0 aliphatic carbocycles. The van der Waals surface area contributed by atoms with Gasteiger partial charge in [-0.15, -0.1) is 0 Å². The van der Waals surface area contributed by atoms with Crippen molar-refractivity contribution in [2.75, 3.05) is 11.9 Å². The van der Waals surface area contributed by atoms with Gasteiger partial charge in [-0.1, -0.05) is 24.3 Å². The van der Waals surface area contributed by atoms with Gasteiger partial charge in [0.2, 0.25) is 0 Å². The number of nitrogens with zero attached hydrogens (tertiary/aromatic N) is 3. The van der Waals surface area contributed by atoms with Gasteiger partial charge in [-0.25, -0.2) is 15.0 Å². The summed E-state index contributed by atoms with van der Waals surface area (Å²) in [6, 6.07) is 14.0. The van der Waals surface area contributed by atoms with Gasteiger partial charge in [-0.2, -0.15) is 0 Å². The molecule has 5 heteroatoms. The number of hydrogen-bond donors (Lipinski definition) is 1. The highest BCUT2D eigenvalue weighted by Gasteiger charge is 2.06. The maximum atomic E-state index is 4.56. The Balaban J connectivity index is 1.95. The second kappa shape index (κ2) is 5.88. The molecule has 0 unspecified atom stereocenters. The van der Waals surface area contributed by atoms with Gasteiger partial charge in [-0.05, 0) is 36.9 Å². The largest absolute Gasteiger partial charge is 0.370 e. The van der Waals surface area contributed by atoms with Crippen LogP contribution >= 0.6 is 11.8 Å². The Bertz CT molecular complexity index is 724. The van der Waals surface area contributed by atoms with E-state index < -0.39 is 0 Å². The third-order valence-electron chi connectivity index (χ3n) is 2.79. The van der Waals surface area contributed by atoms with Crippen LogP contribution in [0.3, 0.4) is 0 Å². The third-order valence-corrected chi connectivity index (χ3v) is 3.74. The highest BCUT2D eigenvalue weighted by molar-refractivity contribution is 7.99. The molecular formula is C15H14N4S. The minimum absolute atomic E-state index is 0.859. The van der Waals surface area contributed by atoms with Gasteiger partial charge in [-0.3, -0.25) is 0 Å². The zero-order chi connectivity index (χ0) is 13.8. The van der Waals surface area contributed by atoms with Gasteiger partial charge in [0, 0.05) is 11.9 Å². The molecule has 1 aromatic carbocycles. The molecule has 0 fully saturated rings. The Hall–Kier alpha value is -2.14. The van der Waals surface area contributed by atoms with E-state index in [2.05, 4.69) is 27.2 Å². The Morgan fingerprint density at radius 3 is 2.85 bits per heavy atom. The number of anilines is 1. The molecule has 0 spiro atoms. The average Bonchev–Trinajstić information content (AvgIpc) is 2.48. The first-order chi connectivity index (χ1) is 9.86. The maximum absolute atomic E-state index is 4.56. The number of rotatable bonds is 4. The zero-order valence-corrected chi connectivity index (χ0v) is 11.9. The van der Waals surface area contributed by atoms with E-state index in [-0.39, 0.29) is 0 Å². The van der Waals surface area contributed by atoms with Crippen molar-refractivity contribution in [2.45, 2.75) is 17.0 Å². The average molecular weight is 282 g/mol. The van der Waals surface area contributed by atoms with Gasteiger partial charge in [0.25, 0.3) is 0 Å². The standard InChI is InChI=1S/C15H14N4S/c1-2-16-13-8-5-9-14(19-13)20-15-11-6-3-4-7-12(11)17-10-18-15/h3-10H,2H2,1H3,(H,16,19). The van der Waals surface area contributed by atoms with Gasteiger partial charge in [0.15, 0.2) is 0 Å². The molecule has 0 bridgehead atoms. The summed E-state index contributed by atoms with van der Waals surface area (Å²) >= 11 is 1.55. The van der Waals surface area contributed by atoms with Crippen LogP contribution in [-0.2, 0) is 0 Å². The predicted octanol–water partition coefficient (Wildman–Crippen LogP) is 3.61. The summed E-state index contributed by atoms with van der Waals surface area (Å²) in [6.45, 7) is 2.91. The number of hydrogen-bond acceptors (Lipinski definition) is 5. The first-order valence-electron chi connectivity index (χ1n) is 6.45. The molecule has 0 aliphatic rings. The number of nitrogens with one attached hydrogen (secondary N) is 1. The molecule has 0 saturated heterocycles. The molecule has 0 atom stereocenters. The fraction of sp³-hybridized carbons (Fsp3) is 0.133. The van der Waals surface area contributed by atoms with Gasteiger partial charge >= 0.3 is 0 Å². The fourth-order valence-electron chi connectivity index (χ4n) is 1.91. The molecule has 3 rings (SSSR count). The first-order valence-corrected chi connectivity index (χ1v) is 7.27. The van der Waals surface area contributed by atoms with Crippen LogP contribution in [0.15, 0.2) is 58.8 Å². The maximum Gasteiger partial charge on any atom is 0.127 e. The second-order valence-electron chi connectivity index (χ2n) is 4.19. The van der Waals surface area contributed by atoms with Crippen LogP contribution in [0.5, 0.6) is 0 Å². The van der Waals surface area contributed by atoms with Gasteiger partial charge < -0.3 is 5.32 Å².